The molecule has 3 rings (SSSR count). The van der Waals surface area contributed by atoms with Crippen molar-refractivity contribution >= 4 is 17.9 Å². The van der Waals surface area contributed by atoms with Gasteiger partial charge in [0, 0.05) is 43.4 Å². The van der Waals surface area contributed by atoms with Crippen LogP contribution in [0, 0.1) is 0 Å². The van der Waals surface area contributed by atoms with E-state index in [2.05, 4.69) is 15.0 Å². The van der Waals surface area contributed by atoms with Crippen molar-refractivity contribution in [3.05, 3.63) is 54.1 Å². The summed E-state index contributed by atoms with van der Waals surface area (Å²) in [5.74, 6) is 0.108. The van der Waals surface area contributed by atoms with Gasteiger partial charge in [0.25, 0.3) is 0 Å². The lowest BCUT2D eigenvalue weighted by atomic mass is 10.2. The third-order valence-electron chi connectivity index (χ3n) is 3.95. The van der Waals surface area contributed by atoms with Crippen LogP contribution < -0.4 is 5.73 Å². The quantitative estimate of drug-likeness (QED) is 0.805. The van der Waals surface area contributed by atoms with Crippen LogP contribution in [0.3, 0.4) is 0 Å². The number of nitrogens with two attached hydrogens (primary N) is 1. The smallest absolute Gasteiger partial charge is 0.247 e. The molecule has 1 aliphatic heterocycles. The minimum Gasteiger partial charge on any atom is -0.376 e. The number of ether oxygens (including phenoxy) is 1. The number of nitrogens with zero attached hydrogens (tertiary/aromatic N) is 4. The van der Waals surface area contributed by atoms with E-state index in [9.17, 15) is 4.79 Å². The van der Waals surface area contributed by atoms with Crippen LogP contribution in [0.4, 0.5) is 5.95 Å². The molecule has 25 heavy (non-hydrogen) atoms. The molecular weight excluding hydrogens is 318 g/mol. The Morgan fingerprint density at radius 2 is 2.16 bits per heavy atom. The van der Waals surface area contributed by atoms with Crippen molar-refractivity contribution in [1.29, 1.82) is 0 Å². The fraction of sp³-hybridized carbons (Fsp3) is 0.333. The first-order valence-electron chi connectivity index (χ1n) is 8.27. The van der Waals surface area contributed by atoms with Crippen LogP contribution in [0.15, 0.2) is 42.9 Å². The minimum absolute atomic E-state index is 0.0842. The zero-order valence-electron chi connectivity index (χ0n) is 13.9. The molecule has 130 valence electrons. The van der Waals surface area contributed by atoms with Gasteiger partial charge in [0.15, 0.2) is 0 Å². The molecule has 0 radical (unpaired) electrons. The fourth-order valence-electron chi connectivity index (χ4n) is 2.66. The van der Waals surface area contributed by atoms with Crippen molar-refractivity contribution in [2.75, 3.05) is 18.9 Å². The molecule has 2 aromatic heterocycles. The summed E-state index contributed by atoms with van der Waals surface area (Å²) < 4.78 is 5.67. The second kappa shape index (κ2) is 8.34. The number of hydrogen-bond donors (Lipinski definition) is 1. The molecule has 7 heteroatoms. The van der Waals surface area contributed by atoms with Gasteiger partial charge >= 0.3 is 0 Å². The molecule has 1 unspecified atom stereocenters. The number of pyridine rings is 1. The van der Waals surface area contributed by atoms with Crippen molar-refractivity contribution in [1.82, 2.24) is 19.9 Å². The summed E-state index contributed by atoms with van der Waals surface area (Å²) in [6.45, 7) is 1.76. The van der Waals surface area contributed by atoms with E-state index in [1.54, 1.807) is 29.6 Å². The monoisotopic (exact) mass is 339 g/mol. The van der Waals surface area contributed by atoms with Gasteiger partial charge in [0.05, 0.1) is 18.3 Å². The molecule has 0 aromatic carbocycles. The first-order chi connectivity index (χ1) is 12.2. The molecule has 1 saturated heterocycles. The largest absolute Gasteiger partial charge is 0.376 e. The Labute approximate surface area is 146 Å². The first-order valence-corrected chi connectivity index (χ1v) is 8.27. The van der Waals surface area contributed by atoms with Crippen molar-refractivity contribution in [3.63, 3.8) is 0 Å². The molecule has 2 N–H and O–H groups in total. The van der Waals surface area contributed by atoms with Crippen molar-refractivity contribution in [2.24, 2.45) is 0 Å². The zero-order chi connectivity index (χ0) is 17.5. The third kappa shape index (κ3) is 5.09. The van der Waals surface area contributed by atoms with Crippen molar-refractivity contribution < 1.29 is 9.53 Å². The summed E-state index contributed by atoms with van der Waals surface area (Å²) in [5, 5.41) is 0. The van der Waals surface area contributed by atoms with E-state index < -0.39 is 0 Å². The van der Waals surface area contributed by atoms with E-state index in [0.717, 1.165) is 30.7 Å². The zero-order valence-corrected chi connectivity index (χ0v) is 13.9. The summed E-state index contributed by atoms with van der Waals surface area (Å²) in [7, 11) is 0. The number of hydrogen-bond acceptors (Lipinski definition) is 6. The number of rotatable bonds is 6. The van der Waals surface area contributed by atoms with Crippen LogP contribution >= 0.6 is 0 Å². The SMILES string of the molecule is Nc1ncc(C=CC(=O)N(Cc2ccccn2)CC2CCCO2)cn1. The van der Waals surface area contributed by atoms with Gasteiger partial charge in [-0.1, -0.05) is 6.07 Å². The second-order valence-corrected chi connectivity index (χ2v) is 5.88. The highest BCUT2D eigenvalue weighted by atomic mass is 16.5. The van der Waals surface area contributed by atoms with E-state index in [1.165, 1.54) is 6.08 Å². The van der Waals surface area contributed by atoms with Gasteiger partial charge in [0.1, 0.15) is 0 Å². The van der Waals surface area contributed by atoms with Gasteiger partial charge in [-0.15, -0.1) is 0 Å². The average Bonchev–Trinajstić information content (AvgIpc) is 3.14. The average molecular weight is 339 g/mol. The Balaban J connectivity index is 1.70. The Kier molecular flexibility index (Phi) is 5.69. The maximum absolute atomic E-state index is 12.7. The minimum atomic E-state index is -0.0991. The van der Waals surface area contributed by atoms with E-state index in [1.807, 2.05) is 18.2 Å². The summed E-state index contributed by atoms with van der Waals surface area (Å²) in [5.41, 5.74) is 7.03. The number of amides is 1. The molecule has 0 saturated carbocycles. The number of carbonyl (C=O) groups excluding carboxylic acids is 1. The van der Waals surface area contributed by atoms with E-state index in [4.69, 9.17) is 10.5 Å². The number of anilines is 1. The fourth-order valence-corrected chi connectivity index (χ4v) is 2.66. The highest BCUT2D eigenvalue weighted by Crippen LogP contribution is 2.15. The molecule has 3 heterocycles. The lowest BCUT2D eigenvalue weighted by molar-refractivity contribution is -0.128. The van der Waals surface area contributed by atoms with Gasteiger partial charge in [-0.2, -0.15) is 0 Å². The molecule has 7 nitrogen and oxygen atoms in total. The summed E-state index contributed by atoms with van der Waals surface area (Å²) >= 11 is 0. The first kappa shape index (κ1) is 17.0. The molecule has 0 bridgehead atoms. The molecule has 0 spiro atoms. The molecule has 2 aromatic rings. The van der Waals surface area contributed by atoms with Crippen LogP contribution in [0.25, 0.3) is 6.08 Å². The van der Waals surface area contributed by atoms with Gasteiger partial charge in [-0.3, -0.25) is 9.78 Å². The lowest BCUT2D eigenvalue weighted by Gasteiger charge is -2.24. The van der Waals surface area contributed by atoms with Crippen LogP contribution in [0.5, 0.6) is 0 Å². The normalized spacial score (nSPS) is 17.0. The highest BCUT2D eigenvalue weighted by molar-refractivity contribution is 5.91. The van der Waals surface area contributed by atoms with E-state index in [0.29, 0.717) is 13.1 Å². The third-order valence-corrected chi connectivity index (χ3v) is 3.95. The number of carbonyl (C=O) groups is 1. The van der Waals surface area contributed by atoms with E-state index >= 15 is 0 Å². The Bertz CT molecular complexity index is 712. The second-order valence-electron chi connectivity index (χ2n) is 5.88. The molecular formula is C18H21N5O2. The van der Waals surface area contributed by atoms with Gasteiger partial charge in [0.2, 0.25) is 11.9 Å². The molecule has 1 atom stereocenters. The molecule has 1 aliphatic rings. The van der Waals surface area contributed by atoms with Crippen LogP contribution in [0.2, 0.25) is 0 Å². The highest BCUT2D eigenvalue weighted by Gasteiger charge is 2.22. The van der Waals surface area contributed by atoms with E-state index in [-0.39, 0.29) is 18.0 Å². The van der Waals surface area contributed by atoms with Crippen molar-refractivity contribution in [2.45, 2.75) is 25.5 Å². The maximum atomic E-state index is 12.7. The summed E-state index contributed by atoms with van der Waals surface area (Å²) in [4.78, 5) is 26.6. The Morgan fingerprint density at radius 3 is 2.84 bits per heavy atom. The molecule has 0 aliphatic carbocycles. The molecule has 1 fully saturated rings. The van der Waals surface area contributed by atoms with Gasteiger partial charge in [-0.05, 0) is 31.1 Å². The molecule has 1 amide bonds. The van der Waals surface area contributed by atoms with Crippen molar-refractivity contribution in [3.8, 4) is 0 Å². The Hall–Kier alpha value is -2.80. The van der Waals surface area contributed by atoms with Gasteiger partial charge < -0.3 is 15.4 Å². The predicted octanol–water partition coefficient (Wildman–Crippen LogP) is 1.67. The predicted molar refractivity (Wildman–Crippen MR) is 94.1 cm³/mol. The summed E-state index contributed by atoms with van der Waals surface area (Å²) in [6, 6.07) is 5.68. The Morgan fingerprint density at radius 1 is 1.32 bits per heavy atom. The maximum Gasteiger partial charge on any atom is 0.247 e. The summed E-state index contributed by atoms with van der Waals surface area (Å²) in [6.07, 6.45) is 10.2. The lowest BCUT2D eigenvalue weighted by Crippen LogP contribution is -2.36. The van der Waals surface area contributed by atoms with Crippen LogP contribution in [-0.4, -0.2) is 45.0 Å². The number of nitrogen functional groups attached to an aromatic ring is 1. The standard InChI is InChI=1S/C18H21N5O2/c19-18-21-10-14(11-22-18)6-7-17(24)23(13-16-5-3-9-25-16)12-15-4-1-2-8-20-15/h1-2,4,6-8,10-11,16H,3,5,9,12-13H2,(H2,19,21,22). The number of aromatic nitrogens is 3. The topological polar surface area (TPSA) is 94.2 Å². The van der Waals surface area contributed by atoms with Gasteiger partial charge in [-0.25, -0.2) is 9.97 Å². The van der Waals surface area contributed by atoms with Crippen LogP contribution in [-0.2, 0) is 16.1 Å². The van der Waals surface area contributed by atoms with Crippen LogP contribution in [0.1, 0.15) is 24.1 Å².